The Hall–Kier alpha value is -1.68. The molecule has 0 radical (unpaired) electrons. The number of aldehydes is 1. The van der Waals surface area contributed by atoms with Gasteiger partial charge in [0.1, 0.15) is 5.52 Å². The quantitative estimate of drug-likeness (QED) is 0.731. The van der Waals surface area contributed by atoms with Gasteiger partial charge in [0.05, 0.1) is 0 Å². The monoisotopic (exact) mass is 221 g/mol. The lowest BCUT2D eigenvalue weighted by atomic mass is 10.3. The summed E-state index contributed by atoms with van der Waals surface area (Å²) < 4.78 is 9.68. The number of hydrogen-bond donors (Lipinski definition) is 0. The van der Waals surface area contributed by atoms with Gasteiger partial charge in [-0.25, -0.2) is 4.98 Å². The lowest BCUT2D eigenvalue weighted by Gasteiger charge is -1.88. The van der Waals surface area contributed by atoms with Crippen molar-refractivity contribution in [2.75, 3.05) is 13.7 Å². The molecule has 0 saturated heterocycles. The average molecular weight is 221 g/mol. The van der Waals surface area contributed by atoms with E-state index in [0.29, 0.717) is 17.6 Å². The van der Waals surface area contributed by atoms with Crippen molar-refractivity contribution in [3.05, 3.63) is 29.7 Å². The molecule has 2 heterocycles. The minimum absolute atomic E-state index is 0.322. The third-order valence-electron chi connectivity index (χ3n) is 1.94. The SMILES string of the molecule is CCOC.Cc1ccc2oc(C=O)cc2n1. The third kappa shape index (κ3) is 3.17. The molecule has 0 aliphatic carbocycles. The normalized spacial score (nSPS) is 9.69. The maximum atomic E-state index is 10.3. The first-order valence-corrected chi connectivity index (χ1v) is 5.02. The summed E-state index contributed by atoms with van der Waals surface area (Å²) in [5.41, 5.74) is 2.31. The molecule has 0 unspecified atom stereocenters. The van der Waals surface area contributed by atoms with E-state index >= 15 is 0 Å². The summed E-state index contributed by atoms with van der Waals surface area (Å²) in [6.07, 6.45) is 0.678. The van der Waals surface area contributed by atoms with Crippen LogP contribution in [0.3, 0.4) is 0 Å². The molecule has 0 N–H and O–H groups in total. The number of fused-ring (bicyclic) bond motifs is 1. The molecule has 0 fully saturated rings. The van der Waals surface area contributed by atoms with E-state index in [1.807, 2.05) is 26.0 Å². The fraction of sp³-hybridized carbons (Fsp3) is 0.333. The largest absolute Gasteiger partial charge is 0.452 e. The molecule has 0 aromatic carbocycles. The number of hydrogen-bond acceptors (Lipinski definition) is 4. The van der Waals surface area contributed by atoms with Crippen LogP contribution < -0.4 is 0 Å². The van der Waals surface area contributed by atoms with Gasteiger partial charge in [-0.15, -0.1) is 0 Å². The van der Waals surface area contributed by atoms with Crippen LogP contribution in [0.2, 0.25) is 0 Å². The van der Waals surface area contributed by atoms with Crippen LogP contribution >= 0.6 is 0 Å². The van der Waals surface area contributed by atoms with Crippen LogP contribution in [-0.2, 0) is 4.74 Å². The molecule has 86 valence electrons. The number of pyridine rings is 1. The second kappa shape index (κ2) is 6.02. The number of carbonyl (C=O) groups is 1. The summed E-state index contributed by atoms with van der Waals surface area (Å²) in [6.45, 7) is 4.67. The highest BCUT2D eigenvalue weighted by molar-refractivity contribution is 5.82. The minimum Gasteiger partial charge on any atom is -0.452 e. The van der Waals surface area contributed by atoms with Crippen molar-refractivity contribution in [2.24, 2.45) is 0 Å². The first-order chi connectivity index (χ1) is 7.71. The lowest BCUT2D eigenvalue weighted by molar-refractivity contribution is 0.110. The van der Waals surface area contributed by atoms with Crippen molar-refractivity contribution in [1.29, 1.82) is 0 Å². The maximum absolute atomic E-state index is 10.3. The Labute approximate surface area is 94.2 Å². The molecular formula is C12H15NO3. The zero-order chi connectivity index (χ0) is 12.0. The van der Waals surface area contributed by atoms with Crippen molar-refractivity contribution < 1.29 is 13.9 Å². The van der Waals surface area contributed by atoms with Gasteiger partial charge in [0.15, 0.2) is 17.6 Å². The van der Waals surface area contributed by atoms with Gasteiger partial charge in [-0.2, -0.15) is 0 Å². The topological polar surface area (TPSA) is 52.3 Å². The Kier molecular flexibility index (Phi) is 4.66. The van der Waals surface area contributed by atoms with Crippen LogP contribution in [0.5, 0.6) is 0 Å². The van der Waals surface area contributed by atoms with Crippen molar-refractivity contribution >= 4 is 17.4 Å². The summed E-state index contributed by atoms with van der Waals surface area (Å²) in [7, 11) is 1.68. The van der Waals surface area contributed by atoms with Crippen molar-refractivity contribution in [1.82, 2.24) is 4.98 Å². The predicted molar refractivity (Wildman–Crippen MR) is 61.7 cm³/mol. The summed E-state index contributed by atoms with van der Waals surface area (Å²) in [5.74, 6) is 0.322. The summed E-state index contributed by atoms with van der Waals surface area (Å²) >= 11 is 0. The Bertz CT molecular complexity index is 460. The van der Waals surface area contributed by atoms with Gasteiger partial charge >= 0.3 is 0 Å². The molecule has 4 nitrogen and oxygen atoms in total. The standard InChI is InChI=1S/C9H7NO2.C3H8O/c1-6-2-3-9-8(10-6)4-7(5-11)12-9;1-3-4-2/h2-5H,1H3;3H2,1-2H3. The number of carbonyl (C=O) groups excluding carboxylic acids is 1. The van der Waals surface area contributed by atoms with Crippen molar-refractivity contribution in [3.8, 4) is 0 Å². The Balaban J connectivity index is 0.000000280. The number of methoxy groups -OCH3 is 1. The van der Waals surface area contributed by atoms with Gasteiger partial charge in [-0.05, 0) is 26.0 Å². The average Bonchev–Trinajstić information content (AvgIpc) is 2.71. The predicted octanol–water partition coefficient (Wildman–Crippen LogP) is 2.60. The molecule has 4 heteroatoms. The van der Waals surface area contributed by atoms with E-state index in [1.165, 1.54) is 0 Å². The van der Waals surface area contributed by atoms with E-state index in [0.717, 1.165) is 17.8 Å². The molecule has 2 aromatic heterocycles. The van der Waals surface area contributed by atoms with E-state index in [9.17, 15) is 4.79 Å². The zero-order valence-corrected chi connectivity index (χ0v) is 9.69. The van der Waals surface area contributed by atoms with Crippen LogP contribution in [-0.4, -0.2) is 25.0 Å². The Morgan fingerprint density at radius 2 is 2.19 bits per heavy atom. The summed E-state index contributed by atoms with van der Waals surface area (Å²) in [5, 5.41) is 0. The van der Waals surface area contributed by atoms with E-state index in [4.69, 9.17) is 4.42 Å². The number of aryl methyl sites for hydroxylation is 1. The Morgan fingerprint density at radius 3 is 2.75 bits per heavy atom. The fourth-order valence-electron chi connectivity index (χ4n) is 1.10. The maximum Gasteiger partial charge on any atom is 0.185 e. The molecule has 2 aromatic rings. The molecule has 2 rings (SSSR count). The van der Waals surface area contributed by atoms with Crippen molar-refractivity contribution in [2.45, 2.75) is 13.8 Å². The number of ether oxygens (including phenoxy) is 1. The fourth-order valence-corrected chi connectivity index (χ4v) is 1.10. The molecule has 0 amide bonds. The van der Waals surface area contributed by atoms with Gasteiger partial charge in [0, 0.05) is 25.5 Å². The summed E-state index contributed by atoms with van der Waals surface area (Å²) in [4.78, 5) is 14.5. The number of rotatable bonds is 2. The highest BCUT2D eigenvalue weighted by Crippen LogP contribution is 2.15. The van der Waals surface area contributed by atoms with Crippen LogP contribution in [0.25, 0.3) is 11.1 Å². The lowest BCUT2D eigenvalue weighted by Crippen LogP contribution is -1.77. The molecule has 0 bridgehead atoms. The molecule has 0 spiro atoms. The van der Waals surface area contributed by atoms with Crippen molar-refractivity contribution in [3.63, 3.8) is 0 Å². The van der Waals surface area contributed by atoms with Crippen LogP contribution in [0.15, 0.2) is 22.6 Å². The first kappa shape index (κ1) is 12.4. The van der Waals surface area contributed by atoms with Crippen LogP contribution in [0.4, 0.5) is 0 Å². The second-order valence-corrected chi connectivity index (χ2v) is 3.18. The van der Waals surface area contributed by atoms with E-state index < -0.39 is 0 Å². The molecular weight excluding hydrogens is 206 g/mol. The van der Waals surface area contributed by atoms with E-state index in [2.05, 4.69) is 9.72 Å². The van der Waals surface area contributed by atoms with Gasteiger partial charge in [-0.3, -0.25) is 4.79 Å². The number of aromatic nitrogens is 1. The smallest absolute Gasteiger partial charge is 0.185 e. The summed E-state index contributed by atoms with van der Waals surface area (Å²) in [6, 6.07) is 5.29. The highest BCUT2D eigenvalue weighted by Gasteiger charge is 2.02. The Morgan fingerprint density at radius 1 is 1.50 bits per heavy atom. The number of nitrogens with zero attached hydrogens (tertiary/aromatic N) is 1. The van der Waals surface area contributed by atoms with Crippen LogP contribution in [0.1, 0.15) is 23.2 Å². The first-order valence-electron chi connectivity index (χ1n) is 5.02. The second-order valence-electron chi connectivity index (χ2n) is 3.18. The molecule has 0 saturated carbocycles. The van der Waals surface area contributed by atoms with Crippen LogP contribution in [0, 0.1) is 6.92 Å². The van der Waals surface area contributed by atoms with Gasteiger partial charge in [0.25, 0.3) is 0 Å². The van der Waals surface area contributed by atoms with Gasteiger partial charge in [0.2, 0.25) is 0 Å². The molecule has 0 aliphatic rings. The molecule has 16 heavy (non-hydrogen) atoms. The van der Waals surface area contributed by atoms with E-state index in [-0.39, 0.29) is 0 Å². The third-order valence-corrected chi connectivity index (χ3v) is 1.94. The molecule has 0 atom stereocenters. The highest BCUT2D eigenvalue weighted by atomic mass is 16.5. The zero-order valence-electron chi connectivity index (χ0n) is 9.69. The van der Waals surface area contributed by atoms with Gasteiger partial charge < -0.3 is 9.15 Å². The van der Waals surface area contributed by atoms with Gasteiger partial charge in [-0.1, -0.05) is 0 Å². The molecule has 0 aliphatic heterocycles. The van der Waals surface area contributed by atoms with E-state index in [1.54, 1.807) is 13.2 Å². The number of furan rings is 1. The minimum atomic E-state index is 0.322.